The largest absolute Gasteiger partial charge is 0.391 e. The number of thiophene rings is 1. The SMILES string of the molecule is O=C(Cc1nc(NCC2CC2)c2c3c(sc2n1)CCCC3)N1CCC(O)C1. The second-order valence-electron chi connectivity index (χ2n) is 8.16. The molecule has 2 aromatic rings. The van der Waals surface area contributed by atoms with E-state index < -0.39 is 6.10 Å². The van der Waals surface area contributed by atoms with Gasteiger partial charge in [0.15, 0.2) is 0 Å². The molecule has 2 aromatic heterocycles. The number of rotatable bonds is 5. The molecule has 1 atom stereocenters. The second-order valence-corrected chi connectivity index (χ2v) is 9.25. The maximum Gasteiger partial charge on any atom is 0.230 e. The number of nitrogens with one attached hydrogen (secondary N) is 1. The molecule has 1 saturated carbocycles. The van der Waals surface area contributed by atoms with Crippen LogP contribution in [0.1, 0.15) is 48.4 Å². The van der Waals surface area contributed by atoms with Crippen LogP contribution in [0, 0.1) is 5.92 Å². The van der Waals surface area contributed by atoms with E-state index >= 15 is 0 Å². The van der Waals surface area contributed by atoms with Gasteiger partial charge in [-0.1, -0.05) is 0 Å². The molecule has 1 amide bonds. The molecule has 0 spiro atoms. The van der Waals surface area contributed by atoms with Crippen LogP contribution < -0.4 is 5.32 Å². The first-order valence-corrected chi connectivity index (χ1v) is 11.0. The zero-order chi connectivity index (χ0) is 18.4. The lowest BCUT2D eigenvalue weighted by Gasteiger charge is -2.16. The molecule has 3 aliphatic rings. The Kier molecular flexibility index (Phi) is 4.52. The van der Waals surface area contributed by atoms with Crippen molar-refractivity contribution >= 4 is 33.3 Å². The molecule has 0 aromatic carbocycles. The number of aryl methyl sites for hydroxylation is 2. The Morgan fingerprint density at radius 1 is 1.22 bits per heavy atom. The monoisotopic (exact) mass is 386 g/mol. The molecule has 3 heterocycles. The highest BCUT2D eigenvalue weighted by Crippen LogP contribution is 2.39. The molecule has 0 bridgehead atoms. The molecular formula is C20H26N4O2S. The first-order valence-electron chi connectivity index (χ1n) is 10.2. The molecule has 2 fully saturated rings. The molecule has 0 radical (unpaired) electrons. The lowest BCUT2D eigenvalue weighted by atomic mass is 9.97. The van der Waals surface area contributed by atoms with Crippen molar-refractivity contribution in [1.29, 1.82) is 0 Å². The van der Waals surface area contributed by atoms with Gasteiger partial charge in [-0.25, -0.2) is 9.97 Å². The summed E-state index contributed by atoms with van der Waals surface area (Å²) in [6.07, 6.45) is 7.81. The summed E-state index contributed by atoms with van der Waals surface area (Å²) < 4.78 is 0. The summed E-state index contributed by atoms with van der Waals surface area (Å²) in [5, 5.41) is 14.5. The van der Waals surface area contributed by atoms with Crippen LogP contribution in [0.4, 0.5) is 5.82 Å². The summed E-state index contributed by atoms with van der Waals surface area (Å²) in [7, 11) is 0. The minimum atomic E-state index is -0.392. The number of amides is 1. The van der Waals surface area contributed by atoms with Crippen molar-refractivity contribution in [2.24, 2.45) is 5.92 Å². The molecule has 7 heteroatoms. The fourth-order valence-corrected chi connectivity index (χ4v) is 5.47. The average Bonchev–Trinajstić information content (AvgIpc) is 3.26. The van der Waals surface area contributed by atoms with Gasteiger partial charge in [0.1, 0.15) is 16.5 Å². The van der Waals surface area contributed by atoms with Crippen LogP contribution in [0.2, 0.25) is 0 Å². The number of fused-ring (bicyclic) bond motifs is 3. The summed E-state index contributed by atoms with van der Waals surface area (Å²) in [5.41, 5.74) is 1.43. The van der Waals surface area contributed by atoms with Gasteiger partial charge in [0, 0.05) is 24.5 Å². The van der Waals surface area contributed by atoms with E-state index in [2.05, 4.69) is 5.32 Å². The van der Waals surface area contributed by atoms with Crippen molar-refractivity contribution in [2.75, 3.05) is 25.0 Å². The summed E-state index contributed by atoms with van der Waals surface area (Å²) in [6, 6.07) is 0. The number of carbonyl (C=O) groups excluding carboxylic acids is 1. The van der Waals surface area contributed by atoms with Crippen LogP contribution in [0.15, 0.2) is 0 Å². The first kappa shape index (κ1) is 17.4. The Bertz CT molecular complexity index is 876. The predicted octanol–water partition coefficient (Wildman–Crippen LogP) is 2.53. The molecule has 2 N–H and O–H groups in total. The Morgan fingerprint density at radius 3 is 2.85 bits per heavy atom. The van der Waals surface area contributed by atoms with E-state index in [9.17, 15) is 9.90 Å². The topological polar surface area (TPSA) is 78.4 Å². The molecular weight excluding hydrogens is 360 g/mol. The molecule has 1 unspecified atom stereocenters. The molecule has 5 rings (SSSR count). The van der Waals surface area contributed by atoms with E-state index in [4.69, 9.17) is 9.97 Å². The highest BCUT2D eigenvalue weighted by molar-refractivity contribution is 7.19. The van der Waals surface area contributed by atoms with Gasteiger partial charge < -0.3 is 15.3 Å². The van der Waals surface area contributed by atoms with Gasteiger partial charge in [-0.15, -0.1) is 11.3 Å². The molecule has 144 valence electrons. The normalized spacial score (nSPS) is 22.3. The van der Waals surface area contributed by atoms with E-state index in [0.717, 1.165) is 36.0 Å². The van der Waals surface area contributed by atoms with Crippen molar-refractivity contribution in [2.45, 2.75) is 57.5 Å². The number of carbonyl (C=O) groups is 1. The van der Waals surface area contributed by atoms with E-state index in [1.807, 2.05) is 0 Å². The van der Waals surface area contributed by atoms with E-state index in [1.54, 1.807) is 16.2 Å². The van der Waals surface area contributed by atoms with Gasteiger partial charge in [-0.05, 0) is 56.4 Å². The maximum absolute atomic E-state index is 12.6. The smallest absolute Gasteiger partial charge is 0.230 e. The Labute approximate surface area is 163 Å². The number of aliphatic hydroxyl groups excluding tert-OH is 1. The van der Waals surface area contributed by atoms with Crippen LogP contribution in [-0.2, 0) is 24.1 Å². The quantitative estimate of drug-likeness (QED) is 0.826. The standard InChI is InChI=1S/C20H26N4O2S/c25-13-7-8-24(11-13)17(26)9-16-22-19(21-10-12-5-6-12)18-14-3-1-2-4-15(14)27-20(18)23-16/h12-13,25H,1-11H2,(H,21,22,23). The minimum absolute atomic E-state index is 0.0142. The van der Waals surface area contributed by atoms with Gasteiger partial charge in [0.2, 0.25) is 5.91 Å². The number of hydrogen-bond acceptors (Lipinski definition) is 6. The van der Waals surface area contributed by atoms with Gasteiger partial charge in [-0.3, -0.25) is 4.79 Å². The van der Waals surface area contributed by atoms with Gasteiger partial charge in [0.05, 0.1) is 17.9 Å². The fraction of sp³-hybridized carbons (Fsp3) is 0.650. The summed E-state index contributed by atoms with van der Waals surface area (Å²) in [6.45, 7) is 2.02. The first-order chi connectivity index (χ1) is 13.2. The molecule has 1 aliphatic heterocycles. The molecule has 2 aliphatic carbocycles. The highest BCUT2D eigenvalue weighted by atomic mass is 32.1. The van der Waals surface area contributed by atoms with Crippen molar-refractivity contribution in [1.82, 2.24) is 14.9 Å². The zero-order valence-corrected chi connectivity index (χ0v) is 16.4. The van der Waals surface area contributed by atoms with Crippen LogP contribution >= 0.6 is 11.3 Å². The third-order valence-corrected chi connectivity index (χ3v) is 7.13. The lowest BCUT2D eigenvalue weighted by Crippen LogP contribution is -2.31. The Hall–Kier alpha value is -1.73. The average molecular weight is 387 g/mol. The Morgan fingerprint density at radius 2 is 2.07 bits per heavy atom. The fourth-order valence-electron chi connectivity index (χ4n) is 4.19. The molecule has 1 saturated heterocycles. The zero-order valence-electron chi connectivity index (χ0n) is 15.5. The highest BCUT2D eigenvalue weighted by Gasteiger charge is 2.27. The van der Waals surface area contributed by atoms with Crippen molar-refractivity contribution in [3.8, 4) is 0 Å². The number of anilines is 1. The van der Waals surface area contributed by atoms with E-state index in [-0.39, 0.29) is 12.3 Å². The number of aromatic nitrogens is 2. The second kappa shape index (κ2) is 7.02. The van der Waals surface area contributed by atoms with Crippen LogP contribution in [-0.4, -0.2) is 51.6 Å². The van der Waals surface area contributed by atoms with Crippen LogP contribution in [0.3, 0.4) is 0 Å². The van der Waals surface area contributed by atoms with Gasteiger partial charge in [0.25, 0.3) is 0 Å². The Balaban J connectivity index is 1.46. The lowest BCUT2D eigenvalue weighted by molar-refractivity contribution is -0.129. The number of aliphatic hydroxyl groups is 1. The summed E-state index contributed by atoms with van der Waals surface area (Å²) in [5.74, 6) is 2.31. The number of likely N-dealkylation sites (tertiary alicyclic amines) is 1. The maximum atomic E-state index is 12.6. The number of nitrogens with zero attached hydrogens (tertiary/aromatic N) is 3. The van der Waals surface area contributed by atoms with E-state index in [1.165, 1.54) is 41.5 Å². The summed E-state index contributed by atoms with van der Waals surface area (Å²) in [4.78, 5) is 26.4. The van der Waals surface area contributed by atoms with Crippen molar-refractivity contribution < 1.29 is 9.90 Å². The third-order valence-electron chi connectivity index (χ3n) is 5.94. The van der Waals surface area contributed by atoms with Crippen molar-refractivity contribution in [3.05, 3.63) is 16.3 Å². The van der Waals surface area contributed by atoms with Crippen LogP contribution in [0.25, 0.3) is 10.2 Å². The molecule has 6 nitrogen and oxygen atoms in total. The van der Waals surface area contributed by atoms with Crippen molar-refractivity contribution in [3.63, 3.8) is 0 Å². The molecule has 27 heavy (non-hydrogen) atoms. The van der Waals surface area contributed by atoms with Gasteiger partial charge >= 0.3 is 0 Å². The number of hydrogen-bond donors (Lipinski definition) is 2. The predicted molar refractivity (Wildman–Crippen MR) is 106 cm³/mol. The summed E-state index contributed by atoms with van der Waals surface area (Å²) >= 11 is 1.78. The third kappa shape index (κ3) is 3.55. The van der Waals surface area contributed by atoms with Gasteiger partial charge in [-0.2, -0.15) is 0 Å². The minimum Gasteiger partial charge on any atom is -0.391 e. The van der Waals surface area contributed by atoms with Crippen LogP contribution in [0.5, 0.6) is 0 Å². The number of β-amino-alcohol motifs (C(OH)–C–C–N with tert-alkyl or cyclic N) is 1. The van der Waals surface area contributed by atoms with E-state index in [0.29, 0.717) is 25.3 Å².